The van der Waals surface area contributed by atoms with Crippen LogP contribution in [-0.2, 0) is 9.84 Å². The number of ether oxygens (including phenoxy) is 1. The van der Waals surface area contributed by atoms with E-state index in [1.165, 1.54) is 50.1 Å². The molecule has 0 aliphatic carbocycles. The molecule has 2 aromatic rings. The molecule has 7 heteroatoms. The molecule has 1 amide bonds. The molecule has 4 rings (SSSR count). The number of piperidine rings is 1. The number of amides is 1. The van der Waals surface area contributed by atoms with Gasteiger partial charge in [0, 0.05) is 31.5 Å². The summed E-state index contributed by atoms with van der Waals surface area (Å²) < 4.78 is 29.2. The highest BCUT2D eigenvalue weighted by atomic mass is 32.2. The normalized spacial score (nSPS) is 17.3. The summed E-state index contributed by atoms with van der Waals surface area (Å²) in [6.45, 7) is 5.47. The van der Waals surface area contributed by atoms with Gasteiger partial charge in [0.2, 0.25) is 0 Å². The molecule has 2 aromatic carbocycles. The number of benzene rings is 2. The van der Waals surface area contributed by atoms with Crippen LogP contribution in [0.5, 0.6) is 5.75 Å². The predicted octanol–water partition coefficient (Wildman–Crippen LogP) is 4.27. The second kappa shape index (κ2) is 11.2. The minimum atomic E-state index is -3.27. The highest BCUT2D eigenvalue weighted by Gasteiger charge is 2.20. The second-order valence-electron chi connectivity index (χ2n) is 9.16. The summed E-state index contributed by atoms with van der Waals surface area (Å²) in [6.07, 6.45) is 9.10. The van der Waals surface area contributed by atoms with E-state index in [0.29, 0.717) is 18.7 Å². The fourth-order valence-electron chi connectivity index (χ4n) is 4.57. The maximum atomic E-state index is 12.8. The molecule has 6 nitrogen and oxygen atoms in total. The second-order valence-corrected chi connectivity index (χ2v) is 11.2. The molecule has 2 aliphatic rings. The molecule has 0 spiro atoms. The lowest BCUT2D eigenvalue weighted by molar-refractivity contribution is 0.0772. The van der Waals surface area contributed by atoms with Crippen LogP contribution in [0.25, 0.3) is 5.57 Å². The number of likely N-dealkylation sites (tertiary alicyclic amines) is 1. The summed E-state index contributed by atoms with van der Waals surface area (Å²) in [4.78, 5) is 17.3. The maximum absolute atomic E-state index is 12.8. The van der Waals surface area contributed by atoms with Gasteiger partial charge in [-0.25, -0.2) is 8.42 Å². The van der Waals surface area contributed by atoms with Crippen molar-refractivity contribution >= 4 is 21.3 Å². The van der Waals surface area contributed by atoms with Crippen molar-refractivity contribution in [1.29, 1.82) is 0 Å². The number of rotatable bonds is 8. The first-order chi connectivity index (χ1) is 16.4. The number of nitrogens with zero attached hydrogens (tertiary/aromatic N) is 2. The van der Waals surface area contributed by atoms with Crippen molar-refractivity contribution in [3.05, 3.63) is 65.7 Å². The number of hydrogen-bond donors (Lipinski definition) is 0. The van der Waals surface area contributed by atoms with E-state index >= 15 is 0 Å². The van der Waals surface area contributed by atoms with Gasteiger partial charge in [-0.2, -0.15) is 0 Å². The Morgan fingerprint density at radius 2 is 1.65 bits per heavy atom. The Labute approximate surface area is 203 Å². The Kier molecular flexibility index (Phi) is 8.06. The van der Waals surface area contributed by atoms with Gasteiger partial charge in [0.15, 0.2) is 9.84 Å². The van der Waals surface area contributed by atoms with Gasteiger partial charge < -0.3 is 14.5 Å². The van der Waals surface area contributed by atoms with Gasteiger partial charge in [-0.15, -0.1) is 0 Å². The Hall–Kier alpha value is -2.64. The Balaban J connectivity index is 1.26. The largest absolute Gasteiger partial charge is 0.494 e. The number of carbonyl (C=O) groups excluding carboxylic acids is 1. The summed E-state index contributed by atoms with van der Waals surface area (Å²) >= 11 is 0. The molecule has 0 radical (unpaired) electrons. The topological polar surface area (TPSA) is 66.9 Å². The molecule has 0 unspecified atom stereocenters. The van der Waals surface area contributed by atoms with Crippen LogP contribution in [0.4, 0.5) is 0 Å². The average molecular weight is 483 g/mol. The molecule has 0 bridgehead atoms. The van der Waals surface area contributed by atoms with Gasteiger partial charge in [0.25, 0.3) is 5.91 Å². The molecule has 182 valence electrons. The molecule has 0 aromatic heterocycles. The molecule has 2 aliphatic heterocycles. The van der Waals surface area contributed by atoms with E-state index in [1.54, 1.807) is 17.0 Å². The van der Waals surface area contributed by atoms with Crippen LogP contribution in [0, 0.1) is 0 Å². The predicted molar refractivity (Wildman–Crippen MR) is 135 cm³/mol. The van der Waals surface area contributed by atoms with E-state index in [9.17, 15) is 13.2 Å². The minimum absolute atomic E-state index is 0.0800. The third kappa shape index (κ3) is 6.48. The number of hydrogen-bond acceptors (Lipinski definition) is 5. The van der Waals surface area contributed by atoms with E-state index in [2.05, 4.69) is 23.1 Å². The molecule has 0 N–H and O–H groups in total. The first kappa shape index (κ1) is 24.5. The highest BCUT2D eigenvalue weighted by Crippen LogP contribution is 2.25. The zero-order valence-corrected chi connectivity index (χ0v) is 20.7. The summed E-state index contributed by atoms with van der Waals surface area (Å²) in [5.41, 5.74) is 2.89. The molecular formula is C27H34N2O4S. The van der Waals surface area contributed by atoms with Crippen molar-refractivity contribution in [3.8, 4) is 5.75 Å². The van der Waals surface area contributed by atoms with E-state index in [4.69, 9.17) is 4.74 Å². The lowest BCUT2D eigenvalue weighted by Crippen LogP contribution is -2.34. The van der Waals surface area contributed by atoms with E-state index < -0.39 is 9.84 Å². The molecule has 0 saturated carbocycles. The number of sulfone groups is 1. The fraction of sp³-hybridized carbons (Fsp3) is 0.444. The van der Waals surface area contributed by atoms with E-state index in [-0.39, 0.29) is 10.8 Å². The monoisotopic (exact) mass is 482 g/mol. The molecule has 1 fully saturated rings. The Bertz CT molecular complexity index is 1100. The maximum Gasteiger partial charge on any atom is 0.254 e. The lowest BCUT2D eigenvalue weighted by Gasteiger charge is -2.27. The van der Waals surface area contributed by atoms with Crippen LogP contribution >= 0.6 is 0 Å². The fourth-order valence-corrected chi connectivity index (χ4v) is 5.20. The van der Waals surface area contributed by atoms with Crippen molar-refractivity contribution in [1.82, 2.24) is 9.80 Å². The first-order valence-corrected chi connectivity index (χ1v) is 14.0. The Morgan fingerprint density at radius 1 is 0.941 bits per heavy atom. The highest BCUT2D eigenvalue weighted by molar-refractivity contribution is 7.90. The van der Waals surface area contributed by atoms with Crippen LogP contribution in [0.3, 0.4) is 0 Å². The summed E-state index contributed by atoms with van der Waals surface area (Å²) in [7, 11) is -3.27. The molecule has 34 heavy (non-hydrogen) atoms. The van der Waals surface area contributed by atoms with Gasteiger partial charge in [0.05, 0.1) is 11.5 Å². The van der Waals surface area contributed by atoms with Gasteiger partial charge in [-0.05, 0) is 86.3 Å². The smallest absolute Gasteiger partial charge is 0.254 e. The molecule has 2 heterocycles. The van der Waals surface area contributed by atoms with Crippen molar-refractivity contribution in [2.24, 2.45) is 0 Å². The van der Waals surface area contributed by atoms with Crippen molar-refractivity contribution < 1.29 is 17.9 Å². The molecule has 0 atom stereocenters. The zero-order valence-electron chi connectivity index (χ0n) is 19.9. The van der Waals surface area contributed by atoms with Gasteiger partial charge in [-0.3, -0.25) is 4.79 Å². The standard InChI is InChI=1S/C27H34N2O4S/c1-34(31,32)26-12-8-24(9-13-26)27(30)29-19-14-23(15-20-29)22-6-10-25(11-7-22)33-21-5-18-28-16-3-2-4-17-28/h6-14H,2-5,15-21H2,1H3. The lowest BCUT2D eigenvalue weighted by atomic mass is 9.99. The summed E-state index contributed by atoms with van der Waals surface area (Å²) in [5, 5.41) is 0. The summed E-state index contributed by atoms with van der Waals surface area (Å²) in [5.74, 6) is 0.816. The SMILES string of the molecule is CS(=O)(=O)c1ccc(C(=O)N2CC=C(c3ccc(OCCCN4CCCCC4)cc3)CC2)cc1. The van der Waals surface area contributed by atoms with Crippen molar-refractivity contribution in [2.45, 2.75) is 37.0 Å². The molecular weight excluding hydrogens is 448 g/mol. The van der Waals surface area contributed by atoms with E-state index in [1.807, 2.05) is 12.1 Å². The van der Waals surface area contributed by atoms with Gasteiger partial charge >= 0.3 is 0 Å². The average Bonchev–Trinajstić information content (AvgIpc) is 2.87. The zero-order chi connectivity index (χ0) is 24.0. The third-order valence-corrected chi connectivity index (χ3v) is 7.72. The van der Waals surface area contributed by atoms with Crippen LogP contribution in [0.1, 0.15) is 48.0 Å². The first-order valence-electron chi connectivity index (χ1n) is 12.1. The molecule has 1 saturated heterocycles. The van der Waals surface area contributed by atoms with Crippen LogP contribution in [0.2, 0.25) is 0 Å². The minimum Gasteiger partial charge on any atom is -0.494 e. The van der Waals surface area contributed by atoms with Crippen LogP contribution in [0.15, 0.2) is 59.5 Å². The van der Waals surface area contributed by atoms with Gasteiger partial charge in [0.1, 0.15) is 5.75 Å². The van der Waals surface area contributed by atoms with Crippen LogP contribution < -0.4 is 4.74 Å². The quantitative estimate of drug-likeness (QED) is 0.526. The van der Waals surface area contributed by atoms with Crippen LogP contribution in [-0.4, -0.2) is 69.7 Å². The Morgan fingerprint density at radius 3 is 2.26 bits per heavy atom. The van der Waals surface area contributed by atoms with Crippen molar-refractivity contribution in [3.63, 3.8) is 0 Å². The summed E-state index contributed by atoms with van der Waals surface area (Å²) in [6, 6.07) is 14.4. The number of carbonyl (C=O) groups is 1. The third-order valence-electron chi connectivity index (χ3n) is 6.59. The van der Waals surface area contributed by atoms with Gasteiger partial charge in [-0.1, -0.05) is 24.6 Å². The van der Waals surface area contributed by atoms with E-state index in [0.717, 1.165) is 43.6 Å². The van der Waals surface area contributed by atoms with Crippen molar-refractivity contribution in [2.75, 3.05) is 45.6 Å².